The number of hydrogen-bond acceptors (Lipinski definition) is 16. The number of alkyl halides is 1. The average Bonchev–Trinajstić information content (AvgIpc) is 3.72. The SMILES string of the molecule is C=Nc1c(C(N)=NC)ncn1[C@@H]1O[C@@H]2COP(O)(=S)O[C@@H]3[C@H](O)[C@H](C[C@H]3n3cnc4c(=O)oc(N)nc43)OP(=O)(S)O[C@H]2[C@H]1F. The van der Waals surface area contributed by atoms with Gasteiger partial charge in [-0.05, 0) is 18.5 Å². The number of anilines is 1. The Balaban J connectivity index is 1.33. The van der Waals surface area contributed by atoms with Crippen LogP contribution in [-0.4, -0.2) is 97.0 Å². The number of ether oxygens (including phenoxy) is 1. The molecular formula is C21H26FN9O10P2S2. The van der Waals surface area contributed by atoms with E-state index in [9.17, 15) is 19.4 Å². The van der Waals surface area contributed by atoms with Crippen molar-refractivity contribution in [3.8, 4) is 0 Å². The molecule has 3 fully saturated rings. The molecule has 1 aliphatic carbocycles. The van der Waals surface area contributed by atoms with Gasteiger partial charge in [0.15, 0.2) is 29.4 Å². The van der Waals surface area contributed by atoms with Crippen molar-refractivity contribution in [3.63, 3.8) is 0 Å². The summed E-state index contributed by atoms with van der Waals surface area (Å²) in [5.74, 6) is 0.0257. The summed E-state index contributed by atoms with van der Waals surface area (Å²) >= 11 is 9.27. The number of aliphatic imine (C=N–C) groups is 2. The number of rotatable bonds is 4. The molecule has 24 heteroatoms. The molecule has 6 rings (SSSR count). The normalized spacial score (nSPS) is 37.7. The van der Waals surface area contributed by atoms with Crippen molar-refractivity contribution in [3.05, 3.63) is 28.8 Å². The zero-order valence-corrected chi connectivity index (χ0v) is 26.5. The fourth-order valence-corrected chi connectivity index (χ4v) is 8.75. The summed E-state index contributed by atoms with van der Waals surface area (Å²) < 4.78 is 65.3. The molecule has 1 saturated carbocycles. The van der Waals surface area contributed by atoms with Crippen LogP contribution >= 0.6 is 25.8 Å². The number of fused-ring (bicyclic) bond motifs is 4. The number of aromatic nitrogens is 5. The van der Waals surface area contributed by atoms with E-state index in [1.54, 1.807) is 0 Å². The molecule has 0 spiro atoms. The van der Waals surface area contributed by atoms with E-state index in [-0.39, 0.29) is 34.9 Å². The van der Waals surface area contributed by atoms with E-state index in [1.807, 2.05) is 0 Å². The van der Waals surface area contributed by atoms with Gasteiger partial charge in [-0.15, -0.1) is 0 Å². The minimum atomic E-state index is -4.48. The van der Waals surface area contributed by atoms with Gasteiger partial charge in [0.2, 0.25) is 0 Å². The fourth-order valence-electron chi connectivity index (χ4n) is 5.45. The summed E-state index contributed by atoms with van der Waals surface area (Å²) in [6.07, 6.45) is -8.69. The maximum absolute atomic E-state index is 16.1. The second-order valence-corrected chi connectivity index (χ2v) is 15.7. The maximum Gasteiger partial charge on any atom is 0.386 e. The summed E-state index contributed by atoms with van der Waals surface area (Å²) in [5, 5.41) is 11.2. The Bertz CT molecular complexity index is 1840. The van der Waals surface area contributed by atoms with Gasteiger partial charge in [-0.3, -0.25) is 18.6 Å². The number of aliphatic hydroxyl groups excluding tert-OH is 1. The van der Waals surface area contributed by atoms with Gasteiger partial charge in [0.25, 0.3) is 6.01 Å². The van der Waals surface area contributed by atoms with E-state index < -0.39 is 80.7 Å². The van der Waals surface area contributed by atoms with Crippen molar-refractivity contribution in [2.75, 3.05) is 19.4 Å². The molecule has 3 aromatic heterocycles. The first kappa shape index (κ1) is 32.3. The molecule has 0 radical (unpaired) electrons. The first-order valence-corrected chi connectivity index (χ1v) is 18.2. The van der Waals surface area contributed by atoms with Gasteiger partial charge in [-0.2, -0.15) is 4.98 Å². The lowest BCUT2D eigenvalue weighted by Gasteiger charge is -2.30. The molecule has 0 aromatic carbocycles. The Morgan fingerprint density at radius 3 is 2.69 bits per heavy atom. The third kappa shape index (κ3) is 5.89. The van der Waals surface area contributed by atoms with Gasteiger partial charge in [0.1, 0.15) is 35.9 Å². The van der Waals surface area contributed by atoms with Crippen molar-refractivity contribution >= 4 is 73.1 Å². The van der Waals surface area contributed by atoms with Gasteiger partial charge in [-0.1, -0.05) is 12.2 Å². The summed E-state index contributed by atoms with van der Waals surface area (Å²) in [6, 6.07) is -1.44. The molecule has 45 heavy (non-hydrogen) atoms. The molecular weight excluding hydrogens is 683 g/mol. The van der Waals surface area contributed by atoms with E-state index >= 15 is 4.39 Å². The first-order valence-electron chi connectivity index (χ1n) is 13.0. The number of imidazole rings is 2. The molecule has 0 amide bonds. The van der Waals surface area contributed by atoms with Gasteiger partial charge in [0.05, 0.1) is 31.4 Å². The third-order valence-electron chi connectivity index (χ3n) is 7.42. The van der Waals surface area contributed by atoms with Gasteiger partial charge in [0, 0.05) is 13.5 Å². The highest BCUT2D eigenvalue weighted by Gasteiger charge is 2.54. The maximum atomic E-state index is 16.1. The number of nitrogens with two attached hydrogens (primary N) is 2. The number of aliphatic hydroxyl groups is 1. The Labute approximate surface area is 262 Å². The number of amidine groups is 1. The predicted octanol–water partition coefficient (Wildman–Crippen LogP) is 0.512. The molecule has 10 atom stereocenters. The van der Waals surface area contributed by atoms with Crippen LogP contribution in [0.1, 0.15) is 24.4 Å². The Morgan fingerprint density at radius 2 is 1.98 bits per heavy atom. The average molecular weight is 710 g/mol. The minimum absolute atomic E-state index is 0.000307. The lowest BCUT2D eigenvalue weighted by molar-refractivity contribution is -0.0551. The highest BCUT2D eigenvalue weighted by Crippen LogP contribution is 2.61. The van der Waals surface area contributed by atoms with Crippen molar-refractivity contribution in [1.29, 1.82) is 0 Å². The Morgan fingerprint density at radius 1 is 1.24 bits per heavy atom. The molecule has 5 heterocycles. The topological polar surface area (TPSA) is 259 Å². The molecule has 2 unspecified atom stereocenters. The lowest BCUT2D eigenvalue weighted by atomic mass is 10.1. The highest BCUT2D eigenvalue weighted by molar-refractivity contribution is 8.44. The quantitative estimate of drug-likeness (QED) is 0.107. The summed E-state index contributed by atoms with van der Waals surface area (Å²) in [5.41, 5.74) is 10.5. The summed E-state index contributed by atoms with van der Waals surface area (Å²) in [6.45, 7) is -5.86. The zero-order chi connectivity index (χ0) is 32.4. The number of thiol groups is 1. The molecule has 2 aliphatic heterocycles. The van der Waals surface area contributed by atoms with Crippen LogP contribution in [0.5, 0.6) is 0 Å². The van der Waals surface area contributed by atoms with Crippen molar-refractivity contribution in [2.24, 2.45) is 15.7 Å². The Kier molecular flexibility index (Phi) is 8.53. The lowest BCUT2D eigenvalue weighted by Crippen LogP contribution is -2.37. The Hall–Kier alpha value is -2.62. The van der Waals surface area contributed by atoms with Crippen LogP contribution < -0.4 is 17.1 Å². The van der Waals surface area contributed by atoms with Gasteiger partial charge in [-0.25, -0.2) is 28.7 Å². The van der Waals surface area contributed by atoms with E-state index in [0.29, 0.717) is 0 Å². The van der Waals surface area contributed by atoms with Gasteiger partial charge >= 0.3 is 19.1 Å². The van der Waals surface area contributed by atoms with E-state index in [4.69, 9.17) is 50.5 Å². The van der Waals surface area contributed by atoms with E-state index in [1.165, 1.54) is 28.8 Å². The molecule has 6 N–H and O–H groups in total. The number of halogens is 1. The molecule has 19 nitrogen and oxygen atoms in total. The predicted molar refractivity (Wildman–Crippen MR) is 161 cm³/mol. The third-order valence-corrected chi connectivity index (χ3v) is 10.6. The number of nitrogen functional groups attached to an aromatic ring is 1. The minimum Gasteiger partial charge on any atom is -0.388 e. The van der Waals surface area contributed by atoms with Crippen molar-refractivity contribution in [1.82, 2.24) is 24.1 Å². The van der Waals surface area contributed by atoms with Crippen LogP contribution in [0.3, 0.4) is 0 Å². The van der Waals surface area contributed by atoms with Crippen LogP contribution in [0.25, 0.3) is 11.2 Å². The van der Waals surface area contributed by atoms with Crippen molar-refractivity contribution < 1.29 is 46.2 Å². The molecule has 244 valence electrons. The smallest absolute Gasteiger partial charge is 0.386 e. The van der Waals surface area contributed by atoms with Crippen LogP contribution in [0, 0.1) is 0 Å². The molecule has 2 bridgehead atoms. The monoisotopic (exact) mass is 709 g/mol. The van der Waals surface area contributed by atoms with Crippen molar-refractivity contribution in [2.45, 2.75) is 55.4 Å². The summed E-state index contributed by atoms with van der Waals surface area (Å²) in [4.78, 5) is 43.1. The molecule has 2 saturated heterocycles. The van der Waals surface area contributed by atoms with Crippen LogP contribution in [0.2, 0.25) is 0 Å². The van der Waals surface area contributed by atoms with Gasteiger partial charge < -0.3 is 44.2 Å². The van der Waals surface area contributed by atoms with Crippen LogP contribution in [0.4, 0.5) is 16.2 Å². The van der Waals surface area contributed by atoms with Crippen LogP contribution in [-0.2, 0) is 39.2 Å². The molecule has 3 aromatic rings. The van der Waals surface area contributed by atoms with E-state index in [0.717, 1.165) is 0 Å². The second-order valence-electron chi connectivity index (χ2n) is 10.1. The number of nitrogens with zero attached hydrogens (tertiary/aromatic N) is 7. The number of hydrogen-bond donors (Lipinski definition) is 5. The molecule has 3 aliphatic rings. The first-order chi connectivity index (χ1) is 21.2. The standard InChI is InChI=1S/C21H26FN9O10P2S2/c1-25-16(23)11-17(26-2)31(6-27-11)19-10(22)15-9(37-19)4-36-42(34,44)40-14-7(3-8(13(14)32)39-43(35,45)41-15)30-5-28-12-18(30)29-21(24)38-20(12)33/h5-10,13-15,19,32H,2-4H2,1H3,(H2,23,25)(H2,24,29)(H,34,44)(H,35,45)/t7-,8+,9-,10-,13-,14+,15-,19-,42?,43?/m1/s1. The summed E-state index contributed by atoms with van der Waals surface area (Å²) in [7, 11) is 1.43. The van der Waals surface area contributed by atoms with E-state index in [2.05, 4.69) is 43.9 Å². The second kappa shape index (κ2) is 11.9. The largest absolute Gasteiger partial charge is 0.388 e. The van der Waals surface area contributed by atoms with Crippen LogP contribution in [0.15, 0.2) is 31.9 Å². The highest BCUT2D eigenvalue weighted by atomic mass is 32.7. The zero-order valence-electron chi connectivity index (χ0n) is 23.0. The fraction of sp³-hybridized carbons (Fsp3) is 0.524.